The summed E-state index contributed by atoms with van der Waals surface area (Å²) in [5.74, 6) is 0.414. The standard InChI is InChI=1S/C21H23N5O3/c1-13-11-26(12-14(2)29-13)7-8-28-18-6-4-3-5-15(18)19-16(9-22)20(24)25-21(27)17(19)10-23/h3-6,13-14H,7-8,11-12H2,1-2H3,(H3,24,25,27). The van der Waals surface area contributed by atoms with Crippen LogP contribution in [0.4, 0.5) is 5.82 Å². The summed E-state index contributed by atoms with van der Waals surface area (Å²) in [5.41, 5.74) is 5.75. The molecule has 0 spiro atoms. The van der Waals surface area contributed by atoms with E-state index in [1.165, 1.54) is 0 Å². The van der Waals surface area contributed by atoms with Gasteiger partial charge in [-0.15, -0.1) is 0 Å². The topological polar surface area (TPSA) is 128 Å². The number of anilines is 1. The lowest BCUT2D eigenvalue weighted by atomic mass is 9.96. The van der Waals surface area contributed by atoms with Crippen molar-refractivity contribution in [1.82, 2.24) is 9.88 Å². The van der Waals surface area contributed by atoms with Gasteiger partial charge in [-0.2, -0.15) is 10.5 Å². The number of morpholine rings is 1. The summed E-state index contributed by atoms with van der Waals surface area (Å²) in [7, 11) is 0. The molecule has 1 fully saturated rings. The lowest BCUT2D eigenvalue weighted by Gasteiger charge is -2.35. The quantitative estimate of drug-likeness (QED) is 0.793. The van der Waals surface area contributed by atoms with Gasteiger partial charge in [-0.1, -0.05) is 18.2 Å². The number of para-hydroxylation sites is 1. The van der Waals surface area contributed by atoms with Crippen molar-refractivity contribution in [2.24, 2.45) is 0 Å². The molecule has 0 saturated carbocycles. The number of nitrogen functional groups attached to an aromatic ring is 1. The Morgan fingerprint density at radius 1 is 1.21 bits per heavy atom. The van der Waals surface area contributed by atoms with Crippen molar-refractivity contribution in [3.63, 3.8) is 0 Å². The van der Waals surface area contributed by atoms with Gasteiger partial charge in [0.15, 0.2) is 0 Å². The maximum atomic E-state index is 12.2. The summed E-state index contributed by atoms with van der Waals surface area (Å²) in [4.78, 5) is 16.8. The number of nitrogens with two attached hydrogens (primary N) is 1. The SMILES string of the molecule is CC1CN(CCOc2ccccc2-c2c(C#N)c(N)[nH]c(=O)c2C#N)CC(C)O1. The first-order valence-corrected chi connectivity index (χ1v) is 9.40. The van der Waals surface area contributed by atoms with Crippen molar-refractivity contribution in [3.05, 3.63) is 45.7 Å². The molecule has 3 rings (SSSR count). The molecule has 1 aliphatic heterocycles. The molecule has 0 aliphatic carbocycles. The minimum Gasteiger partial charge on any atom is -0.492 e. The Hall–Kier alpha value is -3.33. The molecule has 0 radical (unpaired) electrons. The van der Waals surface area contributed by atoms with E-state index in [-0.39, 0.29) is 34.7 Å². The maximum Gasteiger partial charge on any atom is 0.268 e. The number of aromatic amines is 1. The van der Waals surface area contributed by atoms with Crippen LogP contribution in [-0.2, 0) is 4.74 Å². The molecule has 1 aliphatic rings. The second-order valence-corrected chi connectivity index (χ2v) is 7.08. The highest BCUT2D eigenvalue weighted by atomic mass is 16.5. The number of nitrogens with one attached hydrogen (secondary N) is 1. The highest BCUT2D eigenvalue weighted by molar-refractivity contribution is 5.83. The van der Waals surface area contributed by atoms with Crippen LogP contribution in [0.3, 0.4) is 0 Å². The fraction of sp³-hybridized carbons (Fsp3) is 0.381. The smallest absolute Gasteiger partial charge is 0.268 e. The number of benzene rings is 1. The van der Waals surface area contributed by atoms with Crippen LogP contribution in [0.2, 0.25) is 0 Å². The molecule has 0 amide bonds. The van der Waals surface area contributed by atoms with Crippen molar-refractivity contribution in [2.45, 2.75) is 26.1 Å². The molecule has 2 aromatic rings. The predicted molar refractivity (Wildman–Crippen MR) is 108 cm³/mol. The molecule has 1 aromatic heterocycles. The zero-order chi connectivity index (χ0) is 21.0. The largest absolute Gasteiger partial charge is 0.492 e. The maximum absolute atomic E-state index is 12.2. The Bertz CT molecular complexity index is 1020. The van der Waals surface area contributed by atoms with Crippen LogP contribution in [0.1, 0.15) is 25.0 Å². The molecule has 2 unspecified atom stereocenters. The normalized spacial score (nSPS) is 19.3. The van der Waals surface area contributed by atoms with Crippen LogP contribution in [0.15, 0.2) is 29.1 Å². The van der Waals surface area contributed by atoms with E-state index in [0.717, 1.165) is 13.1 Å². The Labute approximate surface area is 169 Å². The van der Waals surface area contributed by atoms with Gasteiger partial charge in [0.25, 0.3) is 5.56 Å². The van der Waals surface area contributed by atoms with Gasteiger partial charge in [0.1, 0.15) is 41.4 Å². The third-order valence-electron chi connectivity index (χ3n) is 4.78. The fourth-order valence-corrected chi connectivity index (χ4v) is 3.66. The van der Waals surface area contributed by atoms with Gasteiger partial charge < -0.3 is 20.2 Å². The van der Waals surface area contributed by atoms with Crippen molar-refractivity contribution in [3.8, 4) is 29.0 Å². The Balaban J connectivity index is 1.88. The summed E-state index contributed by atoms with van der Waals surface area (Å²) in [6, 6.07) is 10.9. The number of nitriles is 2. The molecule has 8 nitrogen and oxygen atoms in total. The molecular weight excluding hydrogens is 370 g/mol. The Kier molecular flexibility index (Phi) is 6.18. The van der Waals surface area contributed by atoms with Crippen molar-refractivity contribution < 1.29 is 9.47 Å². The van der Waals surface area contributed by atoms with E-state index in [2.05, 4.69) is 9.88 Å². The Morgan fingerprint density at radius 3 is 2.52 bits per heavy atom. The first kappa shape index (κ1) is 20.4. The molecule has 3 N–H and O–H groups in total. The third-order valence-corrected chi connectivity index (χ3v) is 4.78. The fourth-order valence-electron chi connectivity index (χ4n) is 3.66. The van der Waals surface area contributed by atoms with E-state index >= 15 is 0 Å². The highest BCUT2D eigenvalue weighted by Gasteiger charge is 2.23. The average molecular weight is 393 g/mol. The van der Waals surface area contributed by atoms with E-state index in [9.17, 15) is 15.3 Å². The minimum absolute atomic E-state index is 0.0491. The number of pyridine rings is 1. The summed E-state index contributed by atoms with van der Waals surface area (Å²) in [5, 5.41) is 19.0. The molecule has 150 valence electrons. The van der Waals surface area contributed by atoms with Crippen LogP contribution >= 0.6 is 0 Å². The van der Waals surface area contributed by atoms with E-state index in [1.807, 2.05) is 26.0 Å². The van der Waals surface area contributed by atoms with Crippen molar-refractivity contribution in [1.29, 1.82) is 10.5 Å². The summed E-state index contributed by atoms with van der Waals surface area (Å²) in [6.07, 6.45) is 0.336. The number of H-pyrrole nitrogens is 1. The second kappa shape index (κ2) is 8.78. The molecule has 2 atom stereocenters. The number of ether oxygens (including phenoxy) is 2. The van der Waals surface area contributed by atoms with E-state index < -0.39 is 5.56 Å². The highest BCUT2D eigenvalue weighted by Crippen LogP contribution is 2.35. The molecule has 0 bridgehead atoms. The van der Waals surface area contributed by atoms with Crippen LogP contribution in [-0.4, -0.2) is 48.3 Å². The van der Waals surface area contributed by atoms with Gasteiger partial charge in [-0.25, -0.2) is 0 Å². The Morgan fingerprint density at radius 2 is 1.86 bits per heavy atom. The number of rotatable bonds is 5. The van der Waals surface area contributed by atoms with Gasteiger partial charge in [-0.05, 0) is 19.9 Å². The molecule has 1 saturated heterocycles. The van der Waals surface area contributed by atoms with Crippen LogP contribution in [0.5, 0.6) is 5.75 Å². The lowest BCUT2D eigenvalue weighted by molar-refractivity contribution is -0.0699. The van der Waals surface area contributed by atoms with Crippen molar-refractivity contribution >= 4 is 5.82 Å². The predicted octanol–water partition coefficient (Wildman–Crippen LogP) is 1.86. The molecule has 2 heterocycles. The van der Waals surface area contributed by atoms with Crippen molar-refractivity contribution in [2.75, 3.05) is 32.0 Å². The molecular formula is C21H23N5O3. The minimum atomic E-state index is -0.634. The van der Waals surface area contributed by atoms with E-state index in [1.54, 1.807) is 24.3 Å². The zero-order valence-corrected chi connectivity index (χ0v) is 16.4. The average Bonchev–Trinajstić information content (AvgIpc) is 2.67. The van der Waals surface area contributed by atoms with Gasteiger partial charge in [-0.3, -0.25) is 9.69 Å². The number of aromatic nitrogens is 1. The third kappa shape index (κ3) is 4.40. The number of hydrogen-bond acceptors (Lipinski definition) is 7. The second-order valence-electron chi connectivity index (χ2n) is 7.08. The van der Waals surface area contributed by atoms with Gasteiger partial charge in [0, 0.05) is 30.8 Å². The summed E-state index contributed by atoms with van der Waals surface area (Å²) < 4.78 is 11.7. The first-order valence-electron chi connectivity index (χ1n) is 9.40. The molecule has 8 heteroatoms. The van der Waals surface area contributed by atoms with E-state index in [0.29, 0.717) is 24.5 Å². The van der Waals surface area contributed by atoms with Crippen LogP contribution in [0, 0.1) is 22.7 Å². The first-order chi connectivity index (χ1) is 13.9. The van der Waals surface area contributed by atoms with E-state index in [4.69, 9.17) is 15.2 Å². The van der Waals surface area contributed by atoms with Gasteiger partial charge >= 0.3 is 0 Å². The zero-order valence-electron chi connectivity index (χ0n) is 16.4. The van der Waals surface area contributed by atoms with Crippen LogP contribution in [0.25, 0.3) is 11.1 Å². The molecule has 1 aromatic carbocycles. The number of hydrogen-bond donors (Lipinski definition) is 2. The lowest BCUT2D eigenvalue weighted by Crippen LogP contribution is -2.46. The van der Waals surface area contributed by atoms with Gasteiger partial charge in [0.2, 0.25) is 0 Å². The van der Waals surface area contributed by atoms with Crippen LogP contribution < -0.4 is 16.0 Å². The summed E-state index contributed by atoms with van der Waals surface area (Å²) in [6.45, 7) is 6.87. The molecule has 29 heavy (non-hydrogen) atoms. The number of nitrogens with zero attached hydrogens (tertiary/aromatic N) is 3. The summed E-state index contributed by atoms with van der Waals surface area (Å²) >= 11 is 0. The monoisotopic (exact) mass is 393 g/mol. The van der Waals surface area contributed by atoms with Gasteiger partial charge in [0.05, 0.1) is 12.2 Å².